The summed E-state index contributed by atoms with van der Waals surface area (Å²) in [5.74, 6) is 0.173. The van der Waals surface area contributed by atoms with Gasteiger partial charge in [-0.2, -0.15) is 0 Å². The molecule has 194 valence electrons. The Morgan fingerprint density at radius 1 is 0.800 bits per heavy atom. The third kappa shape index (κ3) is 5.36. The lowest BCUT2D eigenvalue weighted by Crippen LogP contribution is -2.14. The summed E-state index contributed by atoms with van der Waals surface area (Å²) in [7, 11) is 0. The van der Waals surface area contributed by atoms with Crippen LogP contribution < -0.4 is 10.6 Å². The molecule has 8 heteroatoms. The molecule has 0 aliphatic heterocycles. The summed E-state index contributed by atoms with van der Waals surface area (Å²) in [6.45, 7) is 1.94. The van der Waals surface area contributed by atoms with Crippen LogP contribution in [0.4, 0.5) is 17.3 Å². The molecule has 0 spiro atoms. The molecule has 0 atom stereocenters. The normalized spacial score (nSPS) is 10.8. The molecule has 0 bridgehead atoms. The first-order valence-corrected chi connectivity index (χ1v) is 13.0. The van der Waals surface area contributed by atoms with E-state index in [9.17, 15) is 4.79 Å². The van der Waals surface area contributed by atoms with Crippen molar-refractivity contribution in [3.8, 4) is 22.5 Å². The van der Waals surface area contributed by atoms with Gasteiger partial charge in [0.15, 0.2) is 0 Å². The zero-order chi connectivity index (χ0) is 27.5. The topological polar surface area (TPSA) is 92.7 Å². The number of fused-ring (bicyclic) bond motifs is 1. The van der Waals surface area contributed by atoms with Crippen LogP contribution in [0.25, 0.3) is 33.4 Å². The molecule has 3 heterocycles. The molecule has 0 aliphatic rings. The van der Waals surface area contributed by atoms with E-state index in [4.69, 9.17) is 16.6 Å². The Labute approximate surface area is 236 Å². The van der Waals surface area contributed by atoms with Crippen molar-refractivity contribution >= 4 is 45.7 Å². The lowest BCUT2D eigenvalue weighted by molar-refractivity contribution is 0.102. The van der Waals surface area contributed by atoms with Gasteiger partial charge in [-0.05, 0) is 67.1 Å². The zero-order valence-corrected chi connectivity index (χ0v) is 22.2. The summed E-state index contributed by atoms with van der Waals surface area (Å²) in [4.78, 5) is 31.6. The number of nitrogens with zero attached hydrogens (tertiary/aromatic N) is 4. The van der Waals surface area contributed by atoms with Gasteiger partial charge in [0.05, 0.1) is 22.5 Å². The number of pyridine rings is 2. The number of anilines is 3. The van der Waals surface area contributed by atoms with Crippen molar-refractivity contribution in [2.45, 2.75) is 6.92 Å². The molecule has 40 heavy (non-hydrogen) atoms. The van der Waals surface area contributed by atoms with Gasteiger partial charge in [0.1, 0.15) is 0 Å². The number of hydrogen-bond acceptors (Lipinski definition) is 6. The Hall–Kier alpha value is -5.14. The summed E-state index contributed by atoms with van der Waals surface area (Å²) in [6, 6.07) is 28.3. The molecule has 0 fully saturated rings. The van der Waals surface area contributed by atoms with E-state index in [0.29, 0.717) is 38.8 Å². The van der Waals surface area contributed by atoms with Crippen LogP contribution in [0.1, 0.15) is 15.9 Å². The predicted molar refractivity (Wildman–Crippen MR) is 160 cm³/mol. The van der Waals surface area contributed by atoms with E-state index in [1.165, 1.54) is 0 Å². The zero-order valence-electron chi connectivity index (χ0n) is 21.5. The molecule has 0 saturated carbocycles. The third-order valence-electron chi connectivity index (χ3n) is 6.44. The lowest BCUT2D eigenvalue weighted by Gasteiger charge is -2.14. The van der Waals surface area contributed by atoms with Gasteiger partial charge in [-0.3, -0.25) is 9.78 Å². The number of amides is 1. The number of benzene rings is 3. The Morgan fingerprint density at radius 2 is 1.65 bits per heavy atom. The smallest absolute Gasteiger partial charge is 0.256 e. The highest BCUT2D eigenvalue weighted by Gasteiger charge is 2.16. The fourth-order valence-electron chi connectivity index (χ4n) is 4.39. The van der Waals surface area contributed by atoms with Crippen molar-refractivity contribution in [1.29, 1.82) is 0 Å². The number of hydrogen-bond donors (Lipinski definition) is 2. The number of aromatic nitrogens is 4. The first-order chi connectivity index (χ1) is 19.5. The summed E-state index contributed by atoms with van der Waals surface area (Å²) in [6.07, 6.45) is 5.17. The Kier molecular flexibility index (Phi) is 6.87. The van der Waals surface area contributed by atoms with Crippen LogP contribution in [0.3, 0.4) is 0 Å². The molecule has 7 nitrogen and oxygen atoms in total. The third-order valence-corrected chi connectivity index (χ3v) is 6.67. The van der Waals surface area contributed by atoms with E-state index in [2.05, 4.69) is 25.6 Å². The number of rotatable bonds is 6. The monoisotopic (exact) mass is 542 g/mol. The minimum atomic E-state index is -0.262. The summed E-state index contributed by atoms with van der Waals surface area (Å²) < 4.78 is 0. The van der Waals surface area contributed by atoms with Crippen LogP contribution in [-0.4, -0.2) is 25.8 Å². The number of carbonyl (C=O) groups is 1. The maximum Gasteiger partial charge on any atom is 0.256 e. The van der Waals surface area contributed by atoms with Crippen LogP contribution in [0.5, 0.6) is 0 Å². The fraction of sp³-hybridized carbons (Fsp3) is 0.0312. The summed E-state index contributed by atoms with van der Waals surface area (Å²) in [5, 5.41) is 7.53. The number of halogens is 1. The first kappa shape index (κ1) is 25.2. The second kappa shape index (κ2) is 10.9. The molecule has 0 aliphatic carbocycles. The molecule has 3 aromatic carbocycles. The van der Waals surface area contributed by atoms with Gasteiger partial charge in [0.25, 0.3) is 5.91 Å². The Balaban J connectivity index is 1.31. The maximum absolute atomic E-state index is 13.7. The van der Waals surface area contributed by atoms with Crippen LogP contribution in [0, 0.1) is 6.92 Å². The highest BCUT2D eigenvalue weighted by molar-refractivity contribution is 6.31. The van der Waals surface area contributed by atoms with E-state index in [-0.39, 0.29) is 5.91 Å². The molecule has 2 N–H and O–H groups in total. The van der Waals surface area contributed by atoms with Crippen LogP contribution in [0.15, 0.2) is 110 Å². The van der Waals surface area contributed by atoms with Gasteiger partial charge >= 0.3 is 0 Å². The molecule has 6 rings (SSSR count). The molecular formula is C32H23ClN6O. The largest absolute Gasteiger partial charge is 0.324 e. The summed E-state index contributed by atoms with van der Waals surface area (Å²) in [5.41, 5.74) is 6.74. The quantitative estimate of drug-likeness (QED) is 0.224. The summed E-state index contributed by atoms with van der Waals surface area (Å²) >= 11 is 6.30. The van der Waals surface area contributed by atoms with E-state index in [1.54, 1.807) is 36.8 Å². The van der Waals surface area contributed by atoms with Crippen molar-refractivity contribution in [2.75, 3.05) is 10.6 Å². The van der Waals surface area contributed by atoms with Crippen molar-refractivity contribution in [1.82, 2.24) is 19.9 Å². The molecule has 3 aromatic heterocycles. The molecule has 1 amide bonds. The average Bonchev–Trinajstić information content (AvgIpc) is 2.99. The second-order valence-electron chi connectivity index (χ2n) is 9.20. The van der Waals surface area contributed by atoms with Crippen molar-refractivity contribution in [2.24, 2.45) is 0 Å². The van der Waals surface area contributed by atoms with Gasteiger partial charge in [0, 0.05) is 51.5 Å². The number of aryl methyl sites for hydroxylation is 1. The molecule has 0 unspecified atom stereocenters. The van der Waals surface area contributed by atoms with Crippen LogP contribution >= 0.6 is 11.6 Å². The Bertz CT molecular complexity index is 1840. The molecule has 6 aromatic rings. The molecular weight excluding hydrogens is 520 g/mol. The SMILES string of the molecule is Cc1ccc(Nc2nccc(-c3cccnc3)n2)cc1NC(=O)c1cc(-c2ccccc2)nc2ccc(Cl)cc12. The van der Waals surface area contributed by atoms with Gasteiger partial charge in [-0.25, -0.2) is 15.0 Å². The average molecular weight is 543 g/mol. The predicted octanol–water partition coefficient (Wildman–Crippen LogP) is 7.71. The minimum Gasteiger partial charge on any atom is -0.324 e. The lowest BCUT2D eigenvalue weighted by atomic mass is 10.0. The van der Waals surface area contributed by atoms with E-state index in [1.807, 2.05) is 79.7 Å². The van der Waals surface area contributed by atoms with Crippen LogP contribution in [0.2, 0.25) is 5.02 Å². The fourth-order valence-corrected chi connectivity index (χ4v) is 4.56. The van der Waals surface area contributed by atoms with Gasteiger partial charge in [-0.1, -0.05) is 48.0 Å². The standard InChI is InChI=1S/C32H23ClN6O/c1-20-9-11-24(36-32-35-15-13-27(39-32)22-8-5-14-34-19-22)17-29(20)38-31(40)26-18-30(21-6-3-2-4-7-21)37-28-12-10-23(33)16-25(26)28/h2-19H,1H3,(H,38,40)(H,35,36,39). The minimum absolute atomic E-state index is 0.262. The first-order valence-electron chi connectivity index (χ1n) is 12.6. The Morgan fingerprint density at radius 3 is 2.48 bits per heavy atom. The molecule has 0 saturated heterocycles. The van der Waals surface area contributed by atoms with Gasteiger partial charge in [-0.15, -0.1) is 0 Å². The van der Waals surface area contributed by atoms with Crippen molar-refractivity contribution in [3.63, 3.8) is 0 Å². The van der Waals surface area contributed by atoms with Gasteiger partial charge < -0.3 is 10.6 Å². The van der Waals surface area contributed by atoms with Crippen LogP contribution in [-0.2, 0) is 0 Å². The van der Waals surface area contributed by atoms with E-state index >= 15 is 0 Å². The van der Waals surface area contributed by atoms with E-state index in [0.717, 1.165) is 28.1 Å². The van der Waals surface area contributed by atoms with E-state index < -0.39 is 0 Å². The van der Waals surface area contributed by atoms with Gasteiger partial charge in [0.2, 0.25) is 5.95 Å². The number of nitrogens with one attached hydrogen (secondary N) is 2. The van der Waals surface area contributed by atoms with Crippen molar-refractivity contribution < 1.29 is 4.79 Å². The second-order valence-corrected chi connectivity index (χ2v) is 9.64. The maximum atomic E-state index is 13.7. The molecule has 0 radical (unpaired) electrons. The number of carbonyl (C=O) groups excluding carboxylic acids is 1. The highest BCUT2D eigenvalue weighted by atomic mass is 35.5. The highest BCUT2D eigenvalue weighted by Crippen LogP contribution is 2.29. The van der Waals surface area contributed by atoms with Crippen molar-refractivity contribution in [3.05, 3.63) is 126 Å².